The predicted octanol–water partition coefficient (Wildman–Crippen LogP) is 3.04. The van der Waals surface area contributed by atoms with E-state index in [1.807, 2.05) is 58.9 Å². The molecule has 2 N–H and O–H groups in total. The normalized spacial score (nSPS) is 11.7. The summed E-state index contributed by atoms with van der Waals surface area (Å²) in [5.74, 6) is -0.377. The van der Waals surface area contributed by atoms with E-state index in [1.165, 1.54) is 6.20 Å². The van der Waals surface area contributed by atoms with Gasteiger partial charge in [-0.15, -0.1) is 0 Å². The van der Waals surface area contributed by atoms with Crippen molar-refractivity contribution in [2.45, 2.75) is 40.2 Å². The van der Waals surface area contributed by atoms with Gasteiger partial charge in [0, 0.05) is 17.4 Å². The summed E-state index contributed by atoms with van der Waals surface area (Å²) < 4.78 is 0. The Bertz CT molecular complexity index is 574. The molecule has 0 aromatic heterocycles. The monoisotopic (exact) mass is 271 g/mol. The molecule has 1 aromatic carbocycles. The minimum Gasteiger partial charge on any atom is -0.360 e. The standard InChI is InChI=1S/C16H21N3O/c1-11-7-6-8-14(12(11)2)18-10-13(9-17)15(20)19-16(3,4)5/h6-8,10,18H,1-5H3,(H,19,20)/b13-10-. The molecule has 0 unspecified atom stereocenters. The van der Waals surface area contributed by atoms with Crippen LogP contribution in [0.1, 0.15) is 31.9 Å². The molecule has 0 radical (unpaired) electrons. The maximum atomic E-state index is 11.9. The number of anilines is 1. The zero-order chi connectivity index (χ0) is 15.3. The molecule has 0 saturated carbocycles. The zero-order valence-corrected chi connectivity index (χ0v) is 12.7. The van der Waals surface area contributed by atoms with Crippen LogP contribution < -0.4 is 10.6 Å². The van der Waals surface area contributed by atoms with Crippen molar-refractivity contribution in [3.63, 3.8) is 0 Å². The van der Waals surface area contributed by atoms with Gasteiger partial charge in [0.2, 0.25) is 0 Å². The second-order valence-electron chi connectivity index (χ2n) is 5.77. The first-order valence-electron chi connectivity index (χ1n) is 6.50. The van der Waals surface area contributed by atoms with Crippen molar-refractivity contribution in [3.05, 3.63) is 41.1 Å². The molecule has 0 bridgehead atoms. The highest BCUT2D eigenvalue weighted by molar-refractivity contribution is 5.97. The number of hydrogen-bond acceptors (Lipinski definition) is 3. The van der Waals surface area contributed by atoms with Crippen LogP contribution in [0.15, 0.2) is 30.0 Å². The van der Waals surface area contributed by atoms with E-state index >= 15 is 0 Å². The Labute approximate surface area is 120 Å². The Balaban J connectivity index is 2.89. The summed E-state index contributed by atoms with van der Waals surface area (Å²) >= 11 is 0. The first kappa shape index (κ1) is 15.8. The fourth-order valence-electron chi connectivity index (χ4n) is 1.61. The van der Waals surface area contributed by atoms with Crippen molar-refractivity contribution >= 4 is 11.6 Å². The first-order valence-corrected chi connectivity index (χ1v) is 6.50. The number of nitrogens with zero attached hydrogens (tertiary/aromatic N) is 1. The molecule has 1 aromatic rings. The minimum absolute atomic E-state index is 0.0563. The van der Waals surface area contributed by atoms with Gasteiger partial charge in [0.1, 0.15) is 11.6 Å². The lowest BCUT2D eigenvalue weighted by Gasteiger charge is -2.20. The van der Waals surface area contributed by atoms with E-state index in [2.05, 4.69) is 10.6 Å². The molecule has 4 heteroatoms. The highest BCUT2D eigenvalue weighted by Crippen LogP contribution is 2.18. The summed E-state index contributed by atoms with van der Waals surface area (Å²) in [7, 11) is 0. The largest absolute Gasteiger partial charge is 0.360 e. The number of benzene rings is 1. The highest BCUT2D eigenvalue weighted by Gasteiger charge is 2.17. The van der Waals surface area contributed by atoms with Crippen molar-refractivity contribution < 1.29 is 4.79 Å². The Morgan fingerprint density at radius 3 is 2.50 bits per heavy atom. The number of nitrogens with one attached hydrogen (secondary N) is 2. The fraction of sp³-hybridized carbons (Fsp3) is 0.375. The molecule has 1 amide bonds. The molecule has 0 saturated heterocycles. The molecule has 0 aliphatic carbocycles. The first-order chi connectivity index (χ1) is 9.24. The molecule has 0 fully saturated rings. The molecule has 0 aliphatic heterocycles. The molecule has 1 rings (SSSR count). The molecule has 4 nitrogen and oxygen atoms in total. The molecule has 20 heavy (non-hydrogen) atoms. The predicted molar refractivity (Wildman–Crippen MR) is 81.1 cm³/mol. The summed E-state index contributed by atoms with van der Waals surface area (Å²) in [6.07, 6.45) is 1.45. The van der Waals surface area contributed by atoms with Crippen molar-refractivity contribution in [1.82, 2.24) is 5.32 Å². The third kappa shape index (κ3) is 4.43. The minimum atomic E-state index is -0.377. The van der Waals surface area contributed by atoms with Crippen LogP contribution in [0.4, 0.5) is 5.69 Å². The van der Waals surface area contributed by atoms with Crippen LogP contribution in [0.2, 0.25) is 0 Å². The second kappa shape index (κ2) is 6.25. The molecule has 0 aliphatic rings. The van der Waals surface area contributed by atoms with Gasteiger partial charge in [-0.3, -0.25) is 4.79 Å². The third-order valence-electron chi connectivity index (χ3n) is 2.83. The summed E-state index contributed by atoms with van der Waals surface area (Å²) in [5.41, 5.74) is 2.83. The quantitative estimate of drug-likeness (QED) is 0.656. The van der Waals surface area contributed by atoms with Crippen LogP contribution in [-0.2, 0) is 4.79 Å². The smallest absolute Gasteiger partial charge is 0.263 e. The van der Waals surface area contributed by atoms with Crippen LogP contribution >= 0.6 is 0 Å². The summed E-state index contributed by atoms with van der Waals surface area (Å²) in [4.78, 5) is 11.9. The lowest BCUT2D eigenvalue weighted by molar-refractivity contribution is -0.118. The van der Waals surface area contributed by atoms with E-state index in [-0.39, 0.29) is 17.0 Å². The SMILES string of the molecule is Cc1cccc(N/C=C(/C#N)C(=O)NC(C)(C)C)c1C. The van der Waals surface area contributed by atoms with Crippen LogP contribution in [0.3, 0.4) is 0 Å². The van der Waals surface area contributed by atoms with Gasteiger partial charge in [-0.1, -0.05) is 12.1 Å². The Kier molecular flexibility index (Phi) is 4.93. The Hall–Kier alpha value is -2.28. The van der Waals surface area contributed by atoms with Gasteiger partial charge in [-0.05, 0) is 51.8 Å². The van der Waals surface area contributed by atoms with Gasteiger partial charge < -0.3 is 10.6 Å². The summed E-state index contributed by atoms with van der Waals surface area (Å²) in [6, 6.07) is 7.77. The molecule has 106 valence electrons. The molecule has 0 atom stereocenters. The number of hydrogen-bond donors (Lipinski definition) is 2. The maximum Gasteiger partial charge on any atom is 0.263 e. The average Bonchev–Trinajstić information content (AvgIpc) is 2.32. The fourth-order valence-corrected chi connectivity index (χ4v) is 1.61. The Morgan fingerprint density at radius 2 is 1.95 bits per heavy atom. The van der Waals surface area contributed by atoms with Gasteiger partial charge >= 0.3 is 0 Å². The number of nitriles is 1. The maximum absolute atomic E-state index is 11.9. The second-order valence-corrected chi connectivity index (χ2v) is 5.77. The van der Waals surface area contributed by atoms with E-state index in [1.54, 1.807) is 0 Å². The van der Waals surface area contributed by atoms with Gasteiger partial charge in [-0.2, -0.15) is 5.26 Å². The van der Waals surface area contributed by atoms with E-state index in [9.17, 15) is 4.79 Å². The van der Waals surface area contributed by atoms with Crippen LogP contribution in [0.5, 0.6) is 0 Å². The van der Waals surface area contributed by atoms with Crippen molar-refractivity contribution in [2.24, 2.45) is 0 Å². The number of amides is 1. The lowest BCUT2D eigenvalue weighted by Crippen LogP contribution is -2.41. The average molecular weight is 271 g/mol. The lowest BCUT2D eigenvalue weighted by atomic mass is 10.1. The highest BCUT2D eigenvalue weighted by atomic mass is 16.1. The number of aryl methyl sites for hydroxylation is 1. The summed E-state index contributed by atoms with van der Waals surface area (Å²) in [5, 5.41) is 14.9. The van der Waals surface area contributed by atoms with Crippen molar-refractivity contribution in [2.75, 3.05) is 5.32 Å². The third-order valence-corrected chi connectivity index (χ3v) is 2.83. The van der Waals surface area contributed by atoms with Gasteiger partial charge in [0.15, 0.2) is 0 Å². The zero-order valence-electron chi connectivity index (χ0n) is 12.7. The number of rotatable bonds is 3. The van der Waals surface area contributed by atoms with Gasteiger partial charge in [-0.25, -0.2) is 0 Å². The Morgan fingerprint density at radius 1 is 1.30 bits per heavy atom. The number of carbonyl (C=O) groups is 1. The van der Waals surface area contributed by atoms with Gasteiger partial charge in [0.25, 0.3) is 5.91 Å². The van der Waals surface area contributed by atoms with E-state index < -0.39 is 0 Å². The van der Waals surface area contributed by atoms with Gasteiger partial charge in [0.05, 0.1) is 0 Å². The topological polar surface area (TPSA) is 64.9 Å². The summed E-state index contributed by atoms with van der Waals surface area (Å²) in [6.45, 7) is 9.63. The van der Waals surface area contributed by atoms with Crippen molar-refractivity contribution in [3.8, 4) is 6.07 Å². The van der Waals surface area contributed by atoms with E-state index in [0.717, 1.165) is 16.8 Å². The van der Waals surface area contributed by atoms with E-state index in [4.69, 9.17) is 5.26 Å². The molecular formula is C16H21N3O. The van der Waals surface area contributed by atoms with Crippen LogP contribution in [0, 0.1) is 25.2 Å². The van der Waals surface area contributed by atoms with E-state index in [0.29, 0.717) is 0 Å². The van der Waals surface area contributed by atoms with Crippen molar-refractivity contribution in [1.29, 1.82) is 5.26 Å². The number of carbonyl (C=O) groups excluding carboxylic acids is 1. The molecular weight excluding hydrogens is 250 g/mol. The molecule has 0 spiro atoms. The van der Waals surface area contributed by atoms with Crippen LogP contribution in [-0.4, -0.2) is 11.4 Å². The molecule has 0 heterocycles. The van der Waals surface area contributed by atoms with Crippen LogP contribution in [0.25, 0.3) is 0 Å².